The van der Waals surface area contributed by atoms with Gasteiger partial charge in [-0.05, 0) is 69.5 Å². The van der Waals surface area contributed by atoms with E-state index >= 15 is 0 Å². The van der Waals surface area contributed by atoms with Crippen molar-refractivity contribution in [3.63, 3.8) is 0 Å². The summed E-state index contributed by atoms with van der Waals surface area (Å²) in [6.07, 6.45) is 3.86. The lowest BCUT2D eigenvalue weighted by Crippen LogP contribution is -2.30. The summed E-state index contributed by atoms with van der Waals surface area (Å²) in [4.78, 5) is 0. The van der Waals surface area contributed by atoms with Gasteiger partial charge in [0.2, 0.25) is 0 Å². The maximum absolute atomic E-state index is 9.19. The smallest absolute Gasteiger partial charge is 0.119 e. The number of aromatic hydroxyl groups is 1. The van der Waals surface area contributed by atoms with Crippen LogP contribution in [0, 0.1) is 5.92 Å². The Morgan fingerprint density at radius 2 is 1.94 bits per heavy atom. The van der Waals surface area contributed by atoms with Gasteiger partial charge >= 0.3 is 0 Å². The number of rotatable bonds is 4. The Kier molecular flexibility index (Phi) is 4.26. The second kappa shape index (κ2) is 5.92. The number of hydrogen-bond donors (Lipinski definition) is 2. The lowest BCUT2D eigenvalue weighted by Gasteiger charge is -2.25. The summed E-state index contributed by atoms with van der Waals surface area (Å²) in [5, 5.41) is 12.6. The van der Waals surface area contributed by atoms with E-state index in [1.807, 2.05) is 12.1 Å². The van der Waals surface area contributed by atoms with Crippen molar-refractivity contribution in [3.8, 4) is 11.5 Å². The van der Waals surface area contributed by atoms with Crippen molar-refractivity contribution in [1.29, 1.82) is 0 Å². The number of piperidine rings is 1. The molecule has 1 unspecified atom stereocenters. The van der Waals surface area contributed by atoms with Gasteiger partial charge in [-0.3, -0.25) is 0 Å². The Hall–Kier alpha value is -1.22. The van der Waals surface area contributed by atoms with E-state index < -0.39 is 0 Å². The van der Waals surface area contributed by atoms with Crippen LogP contribution in [-0.4, -0.2) is 24.3 Å². The van der Waals surface area contributed by atoms with Gasteiger partial charge in [0.1, 0.15) is 11.5 Å². The summed E-state index contributed by atoms with van der Waals surface area (Å²) in [6, 6.07) is 6.95. The van der Waals surface area contributed by atoms with Crippen molar-refractivity contribution in [2.75, 3.05) is 13.1 Å². The van der Waals surface area contributed by atoms with Crippen LogP contribution in [0.3, 0.4) is 0 Å². The highest BCUT2D eigenvalue weighted by molar-refractivity contribution is 5.30. The Morgan fingerprint density at radius 1 is 1.29 bits per heavy atom. The third kappa shape index (κ3) is 3.93. The SMILES string of the molecule is CC(CC1CCNCC1)Oc1ccc(O)cc1. The first-order chi connectivity index (χ1) is 8.24. The molecule has 0 amide bonds. The lowest BCUT2D eigenvalue weighted by atomic mass is 9.92. The highest BCUT2D eigenvalue weighted by atomic mass is 16.5. The van der Waals surface area contributed by atoms with Crippen molar-refractivity contribution in [3.05, 3.63) is 24.3 Å². The molecule has 2 N–H and O–H groups in total. The summed E-state index contributed by atoms with van der Waals surface area (Å²) < 4.78 is 5.84. The largest absolute Gasteiger partial charge is 0.508 e. The molecule has 1 aromatic rings. The van der Waals surface area contributed by atoms with Gasteiger partial charge in [0, 0.05) is 0 Å². The fourth-order valence-corrected chi connectivity index (χ4v) is 2.39. The van der Waals surface area contributed by atoms with Crippen molar-refractivity contribution < 1.29 is 9.84 Å². The van der Waals surface area contributed by atoms with E-state index in [1.165, 1.54) is 12.8 Å². The van der Waals surface area contributed by atoms with Gasteiger partial charge in [-0.2, -0.15) is 0 Å². The second-order valence-corrected chi connectivity index (χ2v) is 4.85. The minimum atomic E-state index is 0.239. The van der Waals surface area contributed by atoms with Crippen molar-refractivity contribution in [1.82, 2.24) is 5.32 Å². The molecule has 3 heteroatoms. The van der Waals surface area contributed by atoms with Gasteiger partial charge in [0.05, 0.1) is 6.10 Å². The molecule has 1 aliphatic rings. The Morgan fingerprint density at radius 3 is 2.59 bits per heavy atom. The topological polar surface area (TPSA) is 41.5 Å². The van der Waals surface area contributed by atoms with Crippen LogP contribution in [0.2, 0.25) is 0 Å². The zero-order valence-electron chi connectivity index (χ0n) is 10.4. The molecule has 1 saturated heterocycles. The molecule has 2 rings (SSSR count). The number of phenolic OH excluding ortho intramolecular Hbond substituents is 1. The van der Waals surface area contributed by atoms with Crippen molar-refractivity contribution >= 4 is 0 Å². The zero-order chi connectivity index (χ0) is 12.1. The number of phenols is 1. The lowest BCUT2D eigenvalue weighted by molar-refractivity contribution is 0.171. The molecule has 1 atom stereocenters. The number of hydrogen-bond acceptors (Lipinski definition) is 3. The average molecular weight is 235 g/mol. The number of nitrogens with one attached hydrogen (secondary N) is 1. The third-order valence-corrected chi connectivity index (χ3v) is 3.30. The summed E-state index contributed by atoms with van der Waals surface area (Å²) in [6.45, 7) is 4.39. The first-order valence-corrected chi connectivity index (χ1v) is 6.40. The molecule has 0 bridgehead atoms. The van der Waals surface area contributed by atoms with E-state index in [4.69, 9.17) is 4.74 Å². The van der Waals surface area contributed by atoms with Crippen LogP contribution in [0.25, 0.3) is 0 Å². The van der Waals surface area contributed by atoms with Crippen LogP contribution in [0.15, 0.2) is 24.3 Å². The first-order valence-electron chi connectivity index (χ1n) is 6.40. The zero-order valence-corrected chi connectivity index (χ0v) is 10.4. The highest BCUT2D eigenvalue weighted by Crippen LogP contribution is 2.22. The van der Waals surface area contributed by atoms with E-state index in [1.54, 1.807) is 12.1 Å². The molecule has 0 spiro atoms. The fraction of sp³-hybridized carbons (Fsp3) is 0.571. The van der Waals surface area contributed by atoms with Crippen molar-refractivity contribution in [2.45, 2.75) is 32.3 Å². The van der Waals surface area contributed by atoms with E-state index in [-0.39, 0.29) is 11.9 Å². The van der Waals surface area contributed by atoms with Gasteiger partial charge in [-0.15, -0.1) is 0 Å². The third-order valence-electron chi connectivity index (χ3n) is 3.30. The predicted molar refractivity (Wildman–Crippen MR) is 68.4 cm³/mol. The fourth-order valence-electron chi connectivity index (χ4n) is 2.39. The molecule has 1 heterocycles. The van der Waals surface area contributed by atoms with Crippen LogP contribution in [0.1, 0.15) is 26.2 Å². The Balaban J connectivity index is 1.79. The molecular formula is C14H21NO2. The molecule has 1 aromatic carbocycles. The van der Waals surface area contributed by atoms with E-state index in [2.05, 4.69) is 12.2 Å². The van der Waals surface area contributed by atoms with Crippen LogP contribution in [-0.2, 0) is 0 Å². The second-order valence-electron chi connectivity index (χ2n) is 4.85. The summed E-state index contributed by atoms with van der Waals surface area (Å²) in [5.41, 5.74) is 0. The van der Waals surface area contributed by atoms with Crippen LogP contribution in [0.5, 0.6) is 11.5 Å². The average Bonchev–Trinajstić information content (AvgIpc) is 2.33. The van der Waals surface area contributed by atoms with Crippen LogP contribution < -0.4 is 10.1 Å². The molecule has 0 saturated carbocycles. The summed E-state index contributed by atoms with van der Waals surface area (Å²) >= 11 is 0. The van der Waals surface area contributed by atoms with Crippen LogP contribution in [0.4, 0.5) is 0 Å². The van der Waals surface area contributed by atoms with Gasteiger partial charge < -0.3 is 15.2 Å². The van der Waals surface area contributed by atoms with E-state index in [9.17, 15) is 5.11 Å². The number of benzene rings is 1. The molecule has 0 aromatic heterocycles. The van der Waals surface area contributed by atoms with Gasteiger partial charge in [-0.1, -0.05) is 0 Å². The standard InChI is InChI=1S/C14H21NO2/c1-11(10-12-6-8-15-9-7-12)17-14-4-2-13(16)3-5-14/h2-5,11-12,15-16H,6-10H2,1H3. The van der Waals surface area contributed by atoms with Gasteiger partial charge in [-0.25, -0.2) is 0 Å². The minimum absolute atomic E-state index is 0.239. The maximum atomic E-state index is 9.19. The normalized spacial score (nSPS) is 18.9. The molecule has 0 radical (unpaired) electrons. The molecule has 17 heavy (non-hydrogen) atoms. The quantitative estimate of drug-likeness (QED) is 0.842. The molecule has 94 valence electrons. The van der Waals surface area contributed by atoms with Crippen molar-refractivity contribution in [2.24, 2.45) is 5.92 Å². The summed E-state index contributed by atoms with van der Waals surface area (Å²) in [5.74, 6) is 1.90. The summed E-state index contributed by atoms with van der Waals surface area (Å²) in [7, 11) is 0. The number of ether oxygens (including phenoxy) is 1. The molecule has 1 fully saturated rings. The maximum Gasteiger partial charge on any atom is 0.119 e. The van der Waals surface area contributed by atoms with Crippen LogP contribution >= 0.6 is 0 Å². The Bertz CT molecular complexity index is 331. The Labute approximate surface area is 103 Å². The van der Waals surface area contributed by atoms with E-state index in [0.717, 1.165) is 31.2 Å². The van der Waals surface area contributed by atoms with Gasteiger partial charge in [0.25, 0.3) is 0 Å². The molecule has 3 nitrogen and oxygen atoms in total. The molecular weight excluding hydrogens is 214 g/mol. The first kappa shape index (κ1) is 12.2. The highest BCUT2D eigenvalue weighted by Gasteiger charge is 2.16. The van der Waals surface area contributed by atoms with Gasteiger partial charge in [0.15, 0.2) is 0 Å². The monoisotopic (exact) mass is 235 g/mol. The predicted octanol–water partition coefficient (Wildman–Crippen LogP) is 2.55. The minimum Gasteiger partial charge on any atom is -0.508 e. The molecule has 0 aliphatic carbocycles. The van der Waals surface area contributed by atoms with E-state index in [0.29, 0.717) is 0 Å². The molecule has 1 aliphatic heterocycles.